The van der Waals surface area contributed by atoms with Gasteiger partial charge in [-0.15, -0.1) is 12.4 Å². The Labute approximate surface area is 76.4 Å². The molecule has 1 aromatic heterocycles. The zero-order valence-electron chi connectivity index (χ0n) is 6.66. The highest BCUT2D eigenvalue weighted by atomic mass is 35.5. The van der Waals surface area contributed by atoms with Crippen molar-refractivity contribution in [2.24, 2.45) is 0 Å². The van der Waals surface area contributed by atoms with E-state index in [0.717, 1.165) is 16.6 Å². The van der Waals surface area contributed by atoms with Gasteiger partial charge < -0.3 is 5.73 Å². The summed E-state index contributed by atoms with van der Waals surface area (Å²) in [5.41, 5.74) is 8.69. The predicted octanol–water partition coefficient (Wildman–Crippen LogP) is 1.88. The van der Waals surface area contributed by atoms with E-state index in [0.29, 0.717) is 0 Å². The standard InChI is InChI=1S/C8H9N3.ClH/c1-5-2-3-7(9)6-4-10-11-8(5)6;/h2-4H,9H2,1H3,(H,10,11);1H. The van der Waals surface area contributed by atoms with Crippen LogP contribution in [0, 0.1) is 6.92 Å². The third-order valence-corrected chi connectivity index (χ3v) is 1.86. The number of nitrogens with zero attached hydrogens (tertiary/aromatic N) is 1. The summed E-state index contributed by atoms with van der Waals surface area (Å²) in [4.78, 5) is 0. The lowest BCUT2D eigenvalue weighted by Gasteiger charge is -1.96. The van der Waals surface area contributed by atoms with Crippen molar-refractivity contribution in [2.75, 3.05) is 5.73 Å². The summed E-state index contributed by atoms with van der Waals surface area (Å²) in [5, 5.41) is 7.82. The summed E-state index contributed by atoms with van der Waals surface area (Å²) in [6.07, 6.45) is 1.75. The Morgan fingerprint density at radius 2 is 2.17 bits per heavy atom. The number of aromatic amines is 1. The van der Waals surface area contributed by atoms with Gasteiger partial charge in [-0.25, -0.2) is 0 Å². The van der Waals surface area contributed by atoms with Crippen LogP contribution in [0.2, 0.25) is 0 Å². The molecular formula is C8H10ClN3. The molecule has 0 unspecified atom stereocenters. The van der Waals surface area contributed by atoms with Gasteiger partial charge in [-0.05, 0) is 18.6 Å². The van der Waals surface area contributed by atoms with Gasteiger partial charge in [0.05, 0.1) is 11.7 Å². The largest absolute Gasteiger partial charge is 0.398 e. The van der Waals surface area contributed by atoms with Crippen molar-refractivity contribution < 1.29 is 0 Å². The van der Waals surface area contributed by atoms with E-state index in [9.17, 15) is 0 Å². The van der Waals surface area contributed by atoms with Crippen LogP contribution in [-0.4, -0.2) is 10.2 Å². The number of halogens is 1. The minimum atomic E-state index is 0. The van der Waals surface area contributed by atoms with Crippen LogP contribution < -0.4 is 5.73 Å². The number of aryl methyl sites for hydroxylation is 1. The van der Waals surface area contributed by atoms with Gasteiger partial charge in [-0.2, -0.15) is 5.10 Å². The molecule has 0 spiro atoms. The minimum absolute atomic E-state index is 0. The number of hydrogen-bond acceptors (Lipinski definition) is 2. The molecule has 64 valence electrons. The first-order valence-electron chi connectivity index (χ1n) is 3.47. The summed E-state index contributed by atoms with van der Waals surface area (Å²) >= 11 is 0. The summed E-state index contributed by atoms with van der Waals surface area (Å²) < 4.78 is 0. The van der Waals surface area contributed by atoms with E-state index in [2.05, 4.69) is 10.2 Å². The highest BCUT2D eigenvalue weighted by Crippen LogP contribution is 2.20. The first kappa shape index (κ1) is 8.87. The third kappa shape index (κ3) is 1.12. The number of hydrogen-bond donors (Lipinski definition) is 2. The van der Waals surface area contributed by atoms with Gasteiger partial charge in [-0.1, -0.05) is 6.07 Å². The highest BCUT2D eigenvalue weighted by molar-refractivity contribution is 5.91. The van der Waals surface area contributed by atoms with E-state index in [1.54, 1.807) is 6.20 Å². The molecule has 1 aromatic carbocycles. The van der Waals surface area contributed by atoms with Crippen LogP contribution in [0.4, 0.5) is 5.69 Å². The number of fused-ring (bicyclic) bond motifs is 1. The molecule has 0 atom stereocenters. The van der Waals surface area contributed by atoms with Crippen LogP contribution >= 0.6 is 12.4 Å². The fraction of sp³-hybridized carbons (Fsp3) is 0.125. The molecule has 0 saturated carbocycles. The predicted molar refractivity (Wildman–Crippen MR) is 52.5 cm³/mol. The molecule has 3 nitrogen and oxygen atoms in total. The number of aromatic nitrogens is 2. The van der Waals surface area contributed by atoms with Crippen molar-refractivity contribution in [1.82, 2.24) is 10.2 Å². The van der Waals surface area contributed by atoms with Gasteiger partial charge in [0.15, 0.2) is 0 Å². The molecule has 0 aliphatic heterocycles. The molecule has 2 rings (SSSR count). The topological polar surface area (TPSA) is 54.7 Å². The smallest absolute Gasteiger partial charge is 0.0700 e. The first-order chi connectivity index (χ1) is 5.29. The summed E-state index contributed by atoms with van der Waals surface area (Å²) in [6, 6.07) is 3.88. The molecular weight excluding hydrogens is 174 g/mol. The van der Waals surface area contributed by atoms with Gasteiger partial charge in [0.2, 0.25) is 0 Å². The van der Waals surface area contributed by atoms with Gasteiger partial charge in [0, 0.05) is 11.1 Å². The molecule has 2 aromatic rings. The molecule has 0 radical (unpaired) electrons. The summed E-state index contributed by atoms with van der Waals surface area (Å²) in [7, 11) is 0. The molecule has 0 saturated heterocycles. The average Bonchev–Trinajstić information content (AvgIpc) is 2.45. The molecule has 3 N–H and O–H groups in total. The maximum absolute atomic E-state index is 5.71. The van der Waals surface area contributed by atoms with Gasteiger partial charge >= 0.3 is 0 Å². The number of nitrogens with two attached hydrogens (primary N) is 1. The average molecular weight is 184 g/mol. The maximum atomic E-state index is 5.71. The highest BCUT2D eigenvalue weighted by Gasteiger charge is 2.00. The van der Waals surface area contributed by atoms with E-state index in [4.69, 9.17) is 5.73 Å². The van der Waals surface area contributed by atoms with Crippen LogP contribution in [-0.2, 0) is 0 Å². The van der Waals surface area contributed by atoms with Crippen LogP contribution in [0.5, 0.6) is 0 Å². The fourth-order valence-corrected chi connectivity index (χ4v) is 1.19. The Hall–Kier alpha value is -1.22. The quantitative estimate of drug-likeness (QED) is 0.613. The summed E-state index contributed by atoms with van der Waals surface area (Å²) in [6.45, 7) is 2.03. The second-order valence-corrected chi connectivity index (χ2v) is 2.63. The number of rotatable bonds is 0. The number of anilines is 1. The lowest BCUT2D eigenvalue weighted by molar-refractivity contribution is 1.11. The number of nitrogen functional groups attached to an aromatic ring is 1. The minimum Gasteiger partial charge on any atom is -0.398 e. The van der Waals surface area contributed by atoms with Crippen LogP contribution in [0.1, 0.15) is 5.56 Å². The zero-order chi connectivity index (χ0) is 7.84. The Morgan fingerprint density at radius 1 is 1.42 bits per heavy atom. The molecule has 0 bridgehead atoms. The molecule has 0 fully saturated rings. The van der Waals surface area contributed by atoms with Crippen molar-refractivity contribution >= 4 is 29.0 Å². The van der Waals surface area contributed by atoms with Crippen molar-refractivity contribution in [1.29, 1.82) is 0 Å². The third-order valence-electron chi connectivity index (χ3n) is 1.86. The zero-order valence-corrected chi connectivity index (χ0v) is 7.48. The molecule has 0 amide bonds. The van der Waals surface area contributed by atoms with Crippen LogP contribution in [0.25, 0.3) is 10.9 Å². The Bertz CT molecular complexity index is 358. The molecule has 4 heteroatoms. The molecule has 0 aliphatic carbocycles. The molecule has 0 aliphatic rings. The Kier molecular flexibility index (Phi) is 2.24. The normalized spacial score (nSPS) is 9.75. The summed E-state index contributed by atoms with van der Waals surface area (Å²) in [5.74, 6) is 0. The number of H-pyrrole nitrogens is 1. The lowest BCUT2D eigenvalue weighted by Crippen LogP contribution is -1.86. The van der Waals surface area contributed by atoms with Gasteiger partial charge in [-0.3, -0.25) is 5.10 Å². The Morgan fingerprint density at radius 3 is 2.83 bits per heavy atom. The SMILES string of the molecule is Cc1ccc(N)c2cn[nH]c12.Cl. The molecule has 1 heterocycles. The van der Waals surface area contributed by atoms with Crippen molar-refractivity contribution in [3.05, 3.63) is 23.9 Å². The van der Waals surface area contributed by atoms with E-state index in [1.165, 1.54) is 5.56 Å². The number of benzene rings is 1. The lowest BCUT2D eigenvalue weighted by atomic mass is 10.1. The monoisotopic (exact) mass is 183 g/mol. The second-order valence-electron chi connectivity index (χ2n) is 2.63. The van der Waals surface area contributed by atoms with E-state index >= 15 is 0 Å². The fourth-order valence-electron chi connectivity index (χ4n) is 1.19. The second kappa shape index (κ2) is 3.03. The van der Waals surface area contributed by atoms with Crippen molar-refractivity contribution in [2.45, 2.75) is 6.92 Å². The van der Waals surface area contributed by atoms with Gasteiger partial charge in [0.25, 0.3) is 0 Å². The van der Waals surface area contributed by atoms with E-state index in [1.807, 2.05) is 19.1 Å². The first-order valence-corrected chi connectivity index (χ1v) is 3.47. The van der Waals surface area contributed by atoms with E-state index in [-0.39, 0.29) is 12.4 Å². The van der Waals surface area contributed by atoms with Crippen LogP contribution in [0.15, 0.2) is 18.3 Å². The van der Waals surface area contributed by atoms with Crippen molar-refractivity contribution in [3.63, 3.8) is 0 Å². The maximum Gasteiger partial charge on any atom is 0.0700 e. The van der Waals surface area contributed by atoms with Gasteiger partial charge in [0.1, 0.15) is 0 Å². The van der Waals surface area contributed by atoms with Crippen molar-refractivity contribution in [3.8, 4) is 0 Å². The number of nitrogens with one attached hydrogen (secondary N) is 1. The molecule has 12 heavy (non-hydrogen) atoms. The Balaban J connectivity index is 0.000000720. The van der Waals surface area contributed by atoms with E-state index < -0.39 is 0 Å². The van der Waals surface area contributed by atoms with Crippen LogP contribution in [0.3, 0.4) is 0 Å².